The van der Waals surface area contributed by atoms with Gasteiger partial charge in [-0.25, -0.2) is 0 Å². The van der Waals surface area contributed by atoms with Crippen molar-refractivity contribution in [1.29, 1.82) is 0 Å². The van der Waals surface area contributed by atoms with E-state index in [9.17, 15) is 9.46 Å². The standard InChI is InChI=1S/C9H19O3P/c1-8(2)12-13(10,11)9-6-4-3-5-7-9/h8-9H,3-7H2,1-2H3,(H,10,11). The molecular weight excluding hydrogens is 187 g/mol. The minimum absolute atomic E-state index is 0.108. The lowest BCUT2D eigenvalue weighted by atomic mass is 10.0. The highest BCUT2D eigenvalue weighted by Crippen LogP contribution is 2.53. The van der Waals surface area contributed by atoms with E-state index in [1.807, 2.05) is 0 Å². The molecule has 0 heterocycles. The maximum Gasteiger partial charge on any atom is 0.331 e. The molecular formula is C9H19O3P. The van der Waals surface area contributed by atoms with E-state index < -0.39 is 7.60 Å². The van der Waals surface area contributed by atoms with E-state index >= 15 is 0 Å². The van der Waals surface area contributed by atoms with Crippen molar-refractivity contribution in [2.24, 2.45) is 0 Å². The Bertz CT molecular complexity index is 197. The van der Waals surface area contributed by atoms with Gasteiger partial charge in [-0.1, -0.05) is 19.3 Å². The first-order chi connectivity index (χ1) is 6.02. The topological polar surface area (TPSA) is 46.5 Å². The van der Waals surface area contributed by atoms with Crippen molar-refractivity contribution in [1.82, 2.24) is 0 Å². The quantitative estimate of drug-likeness (QED) is 0.722. The molecule has 0 aromatic rings. The van der Waals surface area contributed by atoms with E-state index in [1.165, 1.54) is 6.42 Å². The molecule has 1 unspecified atom stereocenters. The van der Waals surface area contributed by atoms with Gasteiger partial charge in [0.15, 0.2) is 0 Å². The molecule has 1 N–H and O–H groups in total. The molecule has 0 saturated heterocycles. The first-order valence-electron chi connectivity index (χ1n) is 5.03. The van der Waals surface area contributed by atoms with Crippen LogP contribution in [-0.2, 0) is 9.09 Å². The van der Waals surface area contributed by atoms with Crippen LogP contribution in [0.2, 0.25) is 0 Å². The van der Waals surface area contributed by atoms with Gasteiger partial charge >= 0.3 is 7.60 Å². The van der Waals surface area contributed by atoms with Gasteiger partial charge in [0.25, 0.3) is 0 Å². The summed E-state index contributed by atoms with van der Waals surface area (Å²) in [5.41, 5.74) is -0.108. The molecule has 1 saturated carbocycles. The predicted molar refractivity (Wildman–Crippen MR) is 52.9 cm³/mol. The van der Waals surface area contributed by atoms with E-state index in [-0.39, 0.29) is 11.8 Å². The summed E-state index contributed by atoms with van der Waals surface area (Å²) in [6, 6.07) is 0. The fraction of sp³-hybridized carbons (Fsp3) is 1.00. The van der Waals surface area contributed by atoms with E-state index in [4.69, 9.17) is 4.52 Å². The highest BCUT2D eigenvalue weighted by Gasteiger charge is 2.33. The van der Waals surface area contributed by atoms with Crippen molar-refractivity contribution < 1.29 is 14.0 Å². The summed E-state index contributed by atoms with van der Waals surface area (Å²) in [5, 5.41) is 0. The van der Waals surface area contributed by atoms with Crippen molar-refractivity contribution in [2.75, 3.05) is 0 Å². The molecule has 0 aromatic carbocycles. The third-order valence-corrected chi connectivity index (χ3v) is 4.56. The smallest absolute Gasteiger partial charge is 0.324 e. The number of rotatable bonds is 3. The van der Waals surface area contributed by atoms with Crippen LogP contribution >= 0.6 is 7.60 Å². The maximum atomic E-state index is 11.7. The van der Waals surface area contributed by atoms with Crippen molar-refractivity contribution in [3.63, 3.8) is 0 Å². The van der Waals surface area contributed by atoms with Gasteiger partial charge in [0, 0.05) is 0 Å². The molecule has 0 spiro atoms. The second kappa shape index (κ2) is 4.59. The van der Waals surface area contributed by atoms with Gasteiger partial charge in [-0.15, -0.1) is 0 Å². The fourth-order valence-electron chi connectivity index (χ4n) is 1.80. The minimum Gasteiger partial charge on any atom is -0.324 e. The second-order valence-electron chi connectivity index (χ2n) is 4.01. The Labute approximate surface area is 80.0 Å². The molecule has 1 atom stereocenters. The highest BCUT2D eigenvalue weighted by atomic mass is 31.2. The summed E-state index contributed by atoms with van der Waals surface area (Å²) in [6.45, 7) is 3.59. The van der Waals surface area contributed by atoms with Crippen LogP contribution in [0.4, 0.5) is 0 Å². The molecule has 0 aliphatic heterocycles. The first kappa shape index (κ1) is 11.2. The minimum atomic E-state index is -3.32. The summed E-state index contributed by atoms with van der Waals surface area (Å²) in [7, 11) is -3.32. The fourth-order valence-corrected chi connectivity index (χ4v) is 3.59. The van der Waals surface area contributed by atoms with E-state index in [0.717, 1.165) is 25.7 Å². The molecule has 1 fully saturated rings. The monoisotopic (exact) mass is 206 g/mol. The molecule has 1 rings (SSSR count). The zero-order valence-electron chi connectivity index (χ0n) is 8.40. The van der Waals surface area contributed by atoms with E-state index in [0.29, 0.717) is 0 Å². The molecule has 13 heavy (non-hydrogen) atoms. The Hall–Kier alpha value is 0.150. The predicted octanol–water partition coefficient (Wildman–Crippen LogP) is 2.93. The van der Waals surface area contributed by atoms with Crippen LogP contribution in [0.1, 0.15) is 46.0 Å². The van der Waals surface area contributed by atoms with Crippen molar-refractivity contribution in [3.8, 4) is 0 Å². The molecule has 1 aliphatic rings. The lowest BCUT2D eigenvalue weighted by Crippen LogP contribution is -2.16. The Morgan fingerprint density at radius 2 is 1.85 bits per heavy atom. The van der Waals surface area contributed by atoms with Crippen LogP contribution in [0.3, 0.4) is 0 Å². The van der Waals surface area contributed by atoms with E-state index in [1.54, 1.807) is 13.8 Å². The van der Waals surface area contributed by atoms with Crippen LogP contribution in [0, 0.1) is 0 Å². The summed E-state index contributed by atoms with van der Waals surface area (Å²) >= 11 is 0. The molecule has 0 radical (unpaired) electrons. The van der Waals surface area contributed by atoms with Gasteiger partial charge in [-0.3, -0.25) is 4.57 Å². The Morgan fingerprint density at radius 1 is 1.31 bits per heavy atom. The Balaban J connectivity index is 2.51. The first-order valence-corrected chi connectivity index (χ1v) is 6.68. The van der Waals surface area contributed by atoms with E-state index in [2.05, 4.69) is 0 Å². The lowest BCUT2D eigenvalue weighted by Gasteiger charge is -2.26. The summed E-state index contributed by atoms with van der Waals surface area (Å²) in [4.78, 5) is 9.64. The SMILES string of the molecule is CC(C)OP(=O)(O)C1CCCCC1. The normalized spacial score (nSPS) is 24.6. The van der Waals surface area contributed by atoms with Crippen molar-refractivity contribution in [3.05, 3.63) is 0 Å². The summed E-state index contributed by atoms with van der Waals surface area (Å²) < 4.78 is 16.8. The third kappa shape index (κ3) is 3.41. The zero-order chi connectivity index (χ0) is 9.90. The Kier molecular flexibility index (Phi) is 3.96. The molecule has 0 aromatic heterocycles. The van der Waals surface area contributed by atoms with Gasteiger partial charge in [-0.2, -0.15) is 0 Å². The van der Waals surface area contributed by atoms with Gasteiger partial charge < -0.3 is 9.42 Å². The summed E-state index contributed by atoms with van der Waals surface area (Å²) in [5.74, 6) is 0. The molecule has 1 aliphatic carbocycles. The maximum absolute atomic E-state index is 11.7. The molecule has 0 amide bonds. The van der Waals surface area contributed by atoms with Crippen molar-refractivity contribution in [2.45, 2.75) is 57.7 Å². The molecule has 4 heteroatoms. The van der Waals surface area contributed by atoms with Gasteiger partial charge in [-0.05, 0) is 26.7 Å². The average molecular weight is 206 g/mol. The van der Waals surface area contributed by atoms with Crippen LogP contribution in [0.5, 0.6) is 0 Å². The van der Waals surface area contributed by atoms with Crippen LogP contribution in [-0.4, -0.2) is 16.7 Å². The molecule has 0 bridgehead atoms. The van der Waals surface area contributed by atoms with Gasteiger partial charge in [0.1, 0.15) is 0 Å². The lowest BCUT2D eigenvalue weighted by molar-refractivity contribution is 0.193. The van der Waals surface area contributed by atoms with Crippen molar-refractivity contribution >= 4 is 7.60 Å². The third-order valence-electron chi connectivity index (χ3n) is 2.40. The van der Waals surface area contributed by atoms with Crippen LogP contribution in [0.15, 0.2) is 0 Å². The highest BCUT2D eigenvalue weighted by molar-refractivity contribution is 7.53. The van der Waals surface area contributed by atoms with Crippen LogP contribution < -0.4 is 0 Å². The largest absolute Gasteiger partial charge is 0.331 e. The van der Waals surface area contributed by atoms with Gasteiger partial charge in [0.05, 0.1) is 11.8 Å². The number of hydrogen-bond acceptors (Lipinski definition) is 2. The molecule has 3 nitrogen and oxygen atoms in total. The molecule has 78 valence electrons. The zero-order valence-corrected chi connectivity index (χ0v) is 9.30. The number of hydrogen-bond donors (Lipinski definition) is 1. The average Bonchev–Trinajstić information content (AvgIpc) is 2.04. The second-order valence-corrected chi connectivity index (χ2v) is 6.08. The van der Waals surface area contributed by atoms with Gasteiger partial charge in [0.2, 0.25) is 0 Å². The Morgan fingerprint density at radius 3 is 2.31 bits per heavy atom. The van der Waals surface area contributed by atoms with Crippen LogP contribution in [0.25, 0.3) is 0 Å². The summed E-state index contributed by atoms with van der Waals surface area (Å²) in [6.07, 6.45) is 4.87.